The first kappa shape index (κ1) is 16.2. The largest absolute Gasteiger partial charge is 0.451 e. The summed E-state index contributed by atoms with van der Waals surface area (Å²) in [5.74, 6) is 0.293. The molecule has 0 bridgehead atoms. The standard InChI is InChI=1S/C20H24N2O3/c1-12-5-8-17-16(10-12)13(2)18(25-17)20(24)22-9-3-4-14(11-22)19(23)21-15-6-7-15/h5,8,10,14-15H,3-4,6-7,9,11H2,1-2H3,(H,21,23). The first-order valence-corrected chi connectivity index (χ1v) is 9.12. The molecule has 1 aromatic heterocycles. The van der Waals surface area contributed by atoms with Crippen molar-refractivity contribution in [2.24, 2.45) is 5.92 Å². The smallest absolute Gasteiger partial charge is 0.289 e. The molecule has 2 heterocycles. The van der Waals surface area contributed by atoms with Crippen LogP contribution in [0.4, 0.5) is 0 Å². The molecule has 2 aliphatic rings. The molecule has 1 saturated carbocycles. The number of hydrogen-bond donors (Lipinski definition) is 1. The number of fused-ring (bicyclic) bond motifs is 1. The first-order valence-electron chi connectivity index (χ1n) is 9.12. The summed E-state index contributed by atoms with van der Waals surface area (Å²) in [6.07, 6.45) is 3.87. The van der Waals surface area contributed by atoms with Crippen LogP contribution in [0.15, 0.2) is 22.6 Å². The summed E-state index contributed by atoms with van der Waals surface area (Å²) in [7, 11) is 0. The van der Waals surface area contributed by atoms with E-state index >= 15 is 0 Å². The third-order valence-corrected chi connectivity index (χ3v) is 5.29. The van der Waals surface area contributed by atoms with Crippen molar-refractivity contribution in [1.29, 1.82) is 0 Å². The molecule has 4 rings (SSSR count). The zero-order valence-electron chi connectivity index (χ0n) is 14.8. The minimum atomic E-state index is -0.106. The predicted octanol–water partition coefficient (Wildman–Crippen LogP) is 3.18. The van der Waals surface area contributed by atoms with Crippen LogP contribution < -0.4 is 5.32 Å². The molecule has 2 amide bonds. The number of benzene rings is 1. The number of carbonyl (C=O) groups excluding carboxylic acids is 2. The topological polar surface area (TPSA) is 62.6 Å². The summed E-state index contributed by atoms with van der Waals surface area (Å²) >= 11 is 0. The number of furan rings is 1. The third kappa shape index (κ3) is 3.15. The van der Waals surface area contributed by atoms with Gasteiger partial charge in [0.05, 0.1) is 5.92 Å². The Labute approximate surface area is 147 Å². The highest BCUT2D eigenvalue weighted by atomic mass is 16.3. The van der Waals surface area contributed by atoms with Crippen LogP contribution in [0.1, 0.15) is 47.4 Å². The minimum Gasteiger partial charge on any atom is -0.451 e. The zero-order chi connectivity index (χ0) is 17.6. The molecule has 1 N–H and O–H groups in total. The van der Waals surface area contributed by atoms with Gasteiger partial charge in [0, 0.05) is 30.1 Å². The van der Waals surface area contributed by atoms with E-state index in [9.17, 15) is 9.59 Å². The van der Waals surface area contributed by atoms with Gasteiger partial charge >= 0.3 is 0 Å². The molecule has 2 aromatic rings. The number of carbonyl (C=O) groups is 2. The maximum atomic E-state index is 13.0. The average molecular weight is 340 g/mol. The summed E-state index contributed by atoms with van der Waals surface area (Å²) in [5.41, 5.74) is 2.77. The Balaban J connectivity index is 1.53. The number of likely N-dealkylation sites (tertiary alicyclic amines) is 1. The molecular weight excluding hydrogens is 316 g/mol. The van der Waals surface area contributed by atoms with Crippen molar-refractivity contribution < 1.29 is 14.0 Å². The second kappa shape index (κ2) is 6.21. The highest BCUT2D eigenvalue weighted by Crippen LogP contribution is 2.29. The maximum Gasteiger partial charge on any atom is 0.289 e. The number of nitrogens with zero attached hydrogens (tertiary/aromatic N) is 1. The van der Waals surface area contributed by atoms with Crippen molar-refractivity contribution in [1.82, 2.24) is 10.2 Å². The maximum absolute atomic E-state index is 13.0. The second-order valence-electron chi connectivity index (χ2n) is 7.43. The number of hydrogen-bond acceptors (Lipinski definition) is 3. The third-order valence-electron chi connectivity index (χ3n) is 5.29. The lowest BCUT2D eigenvalue weighted by atomic mass is 9.96. The fourth-order valence-corrected chi connectivity index (χ4v) is 3.60. The van der Waals surface area contributed by atoms with Crippen molar-refractivity contribution in [3.63, 3.8) is 0 Å². The summed E-state index contributed by atoms with van der Waals surface area (Å²) in [6.45, 7) is 5.12. The first-order chi connectivity index (χ1) is 12.0. The number of nitrogens with one attached hydrogen (secondary N) is 1. The van der Waals surface area contributed by atoms with E-state index in [0.29, 0.717) is 24.9 Å². The second-order valence-corrected chi connectivity index (χ2v) is 7.43. The number of rotatable bonds is 3. The van der Waals surface area contributed by atoms with E-state index in [-0.39, 0.29) is 17.7 Å². The van der Waals surface area contributed by atoms with Gasteiger partial charge in [-0.05, 0) is 51.7 Å². The molecule has 1 saturated heterocycles. The fraction of sp³-hybridized carbons (Fsp3) is 0.500. The molecule has 25 heavy (non-hydrogen) atoms. The van der Waals surface area contributed by atoms with Crippen molar-refractivity contribution in [2.75, 3.05) is 13.1 Å². The Hall–Kier alpha value is -2.30. The highest BCUT2D eigenvalue weighted by molar-refractivity contribution is 5.99. The normalized spacial score (nSPS) is 20.7. The lowest BCUT2D eigenvalue weighted by Crippen LogP contribution is -2.45. The predicted molar refractivity (Wildman–Crippen MR) is 95.5 cm³/mol. The van der Waals surface area contributed by atoms with Gasteiger partial charge in [0.25, 0.3) is 5.91 Å². The van der Waals surface area contributed by atoms with Crippen LogP contribution in [-0.2, 0) is 4.79 Å². The van der Waals surface area contributed by atoms with E-state index in [1.54, 1.807) is 4.90 Å². The summed E-state index contributed by atoms with van der Waals surface area (Å²) in [4.78, 5) is 27.1. The Morgan fingerprint density at radius 3 is 2.76 bits per heavy atom. The lowest BCUT2D eigenvalue weighted by molar-refractivity contribution is -0.126. The van der Waals surface area contributed by atoms with Crippen molar-refractivity contribution >= 4 is 22.8 Å². The van der Waals surface area contributed by atoms with Gasteiger partial charge in [-0.2, -0.15) is 0 Å². The van der Waals surface area contributed by atoms with Crippen LogP contribution in [0.2, 0.25) is 0 Å². The monoisotopic (exact) mass is 340 g/mol. The van der Waals surface area contributed by atoms with Gasteiger partial charge in [0.15, 0.2) is 5.76 Å². The summed E-state index contributed by atoms with van der Waals surface area (Å²) in [5, 5.41) is 4.05. The molecule has 1 aliphatic carbocycles. The number of amides is 2. The van der Waals surface area contributed by atoms with E-state index < -0.39 is 0 Å². The lowest BCUT2D eigenvalue weighted by Gasteiger charge is -2.31. The molecule has 132 valence electrons. The van der Waals surface area contributed by atoms with Gasteiger partial charge in [-0.3, -0.25) is 9.59 Å². The van der Waals surface area contributed by atoms with Crippen LogP contribution in [0.25, 0.3) is 11.0 Å². The highest BCUT2D eigenvalue weighted by Gasteiger charge is 2.33. The van der Waals surface area contributed by atoms with Crippen molar-refractivity contribution in [3.05, 3.63) is 35.1 Å². The molecular formula is C20H24N2O3. The molecule has 0 radical (unpaired) electrons. The van der Waals surface area contributed by atoms with Gasteiger partial charge in [0.2, 0.25) is 5.91 Å². The van der Waals surface area contributed by atoms with Gasteiger partial charge in [0.1, 0.15) is 5.58 Å². The zero-order valence-corrected chi connectivity index (χ0v) is 14.8. The van der Waals surface area contributed by atoms with Crippen molar-refractivity contribution in [2.45, 2.75) is 45.6 Å². The van der Waals surface area contributed by atoms with E-state index in [0.717, 1.165) is 47.8 Å². The van der Waals surface area contributed by atoms with Crippen LogP contribution in [-0.4, -0.2) is 35.8 Å². The Morgan fingerprint density at radius 2 is 2.00 bits per heavy atom. The molecule has 1 unspecified atom stereocenters. The van der Waals surface area contributed by atoms with Crippen LogP contribution in [0.5, 0.6) is 0 Å². The number of aryl methyl sites for hydroxylation is 2. The molecule has 2 fully saturated rings. The van der Waals surface area contributed by atoms with Crippen molar-refractivity contribution in [3.8, 4) is 0 Å². The average Bonchev–Trinajstić information content (AvgIpc) is 3.37. The van der Waals surface area contributed by atoms with Gasteiger partial charge in [-0.1, -0.05) is 11.6 Å². The molecule has 5 heteroatoms. The summed E-state index contributed by atoms with van der Waals surface area (Å²) in [6, 6.07) is 6.31. The van der Waals surface area contributed by atoms with Gasteiger partial charge in [-0.15, -0.1) is 0 Å². The van der Waals surface area contributed by atoms with E-state index in [2.05, 4.69) is 5.32 Å². The number of piperidine rings is 1. The molecule has 1 aromatic carbocycles. The Bertz CT molecular complexity index is 835. The molecule has 1 atom stereocenters. The van der Waals surface area contributed by atoms with Crippen LogP contribution in [0, 0.1) is 19.8 Å². The fourth-order valence-electron chi connectivity index (χ4n) is 3.60. The van der Waals surface area contributed by atoms with Gasteiger partial charge < -0.3 is 14.6 Å². The minimum absolute atomic E-state index is 0.0944. The van der Waals surface area contributed by atoms with Gasteiger partial charge in [-0.25, -0.2) is 0 Å². The van der Waals surface area contributed by atoms with E-state index in [4.69, 9.17) is 4.42 Å². The SMILES string of the molecule is Cc1ccc2oc(C(=O)N3CCCC(C(=O)NC4CC4)C3)c(C)c2c1. The quantitative estimate of drug-likeness (QED) is 0.933. The summed E-state index contributed by atoms with van der Waals surface area (Å²) < 4.78 is 5.85. The Kier molecular flexibility index (Phi) is 4.02. The van der Waals surface area contributed by atoms with Crippen LogP contribution >= 0.6 is 0 Å². The molecule has 5 nitrogen and oxygen atoms in total. The van der Waals surface area contributed by atoms with Crippen LogP contribution in [0.3, 0.4) is 0 Å². The molecule has 1 aliphatic heterocycles. The van der Waals surface area contributed by atoms with E-state index in [1.165, 1.54) is 0 Å². The Morgan fingerprint density at radius 1 is 1.20 bits per heavy atom. The molecule has 0 spiro atoms. The van der Waals surface area contributed by atoms with E-state index in [1.807, 2.05) is 32.0 Å².